The summed E-state index contributed by atoms with van der Waals surface area (Å²) in [6.07, 6.45) is 0. The van der Waals surface area contributed by atoms with Crippen LogP contribution in [0.4, 0.5) is 0 Å². The van der Waals surface area contributed by atoms with E-state index in [4.69, 9.17) is 45.3 Å². The fraction of sp³-hybridized carbons (Fsp3) is 0.143. The van der Waals surface area contributed by atoms with E-state index in [-0.39, 0.29) is 0 Å². The number of hydrogen-bond donors (Lipinski definition) is 1. The first kappa shape index (κ1) is 14.5. The molecule has 2 aromatic rings. The van der Waals surface area contributed by atoms with Crippen molar-refractivity contribution in [1.29, 1.82) is 0 Å². The summed E-state index contributed by atoms with van der Waals surface area (Å²) in [5.74, 6) is 0.577. The molecule has 0 aliphatic rings. The molecule has 0 saturated carbocycles. The molecule has 19 heavy (non-hydrogen) atoms. The van der Waals surface area contributed by atoms with Crippen molar-refractivity contribution in [2.75, 3.05) is 7.11 Å². The second-order valence-corrected chi connectivity index (χ2v) is 5.29. The quantitative estimate of drug-likeness (QED) is 0.890. The standard InChI is InChI=1S/C14H12Cl3NO/c1-19-13-6-8(2-4-12(13)17)14(18)10-7-9(15)3-5-11(10)16/h2-7,14H,18H2,1H3. The van der Waals surface area contributed by atoms with Crippen LogP contribution < -0.4 is 10.5 Å². The van der Waals surface area contributed by atoms with Gasteiger partial charge >= 0.3 is 0 Å². The zero-order valence-corrected chi connectivity index (χ0v) is 12.4. The van der Waals surface area contributed by atoms with Crippen LogP contribution in [0.5, 0.6) is 5.75 Å². The summed E-state index contributed by atoms with van der Waals surface area (Å²) in [5, 5.41) is 1.71. The van der Waals surface area contributed by atoms with Crippen molar-refractivity contribution >= 4 is 34.8 Å². The molecule has 0 saturated heterocycles. The molecule has 0 bridgehead atoms. The van der Waals surface area contributed by atoms with E-state index in [2.05, 4.69) is 0 Å². The summed E-state index contributed by atoms with van der Waals surface area (Å²) < 4.78 is 5.18. The normalized spacial score (nSPS) is 12.3. The molecule has 0 heterocycles. The third-order valence-electron chi connectivity index (χ3n) is 2.83. The molecule has 2 nitrogen and oxygen atoms in total. The van der Waals surface area contributed by atoms with Crippen LogP contribution in [0.2, 0.25) is 15.1 Å². The third kappa shape index (κ3) is 3.15. The summed E-state index contributed by atoms with van der Waals surface area (Å²) in [6, 6.07) is 10.2. The number of methoxy groups -OCH3 is 1. The highest BCUT2D eigenvalue weighted by Gasteiger charge is 2.15. The highest BCUT2D eigenvalue weighted by molar-refractivity contribution is 6.33. The Labute approximate surface area is 127 Å². The topological polar surface area (TPSA) is 35.2 Å². The van der Waals surface area contributed by atoms with Crippen LogP contribution in [-0.2, 0) is 0 Å². The van der Waals surface area contributed by atoms with Crippen LogP contribution in [0.1, 0.15) is 17.2 Å². The van der Waals surface area contributed by atoms with Gasteiger partial charge in [-0.15, -0.1) is 0 Å². The number of rotatable bonds is 3. The van der Waals surface area contributed by atoms with Crippen LogP contribution in [0.3, 0.4) is 0 Å². The Hall–Kier alpha value is -0.930. The van der Waals surface area contributed by atoms with Gasteiger partial charge in [0.15, 0.2) is 0 Å². The summed E-state index contributed by atoms with van der Waals surface area (Å²) >= 11 is 18.1. The maximum Gasteiger partial charge on any atom is 0.137 e. The molecule has 1 atom stereocenters. The second kappa shape index (κ2) is 6.02. The van der Waals surface area contributed by atoms with Gasteiger partial charge in [0, 0.05) is 10.0 Å². The molecule has 5 heteroatoms. The van der Waals surface area contributed by atoms with Gasteiger partial charge in [-0.3, -0.25) is 0 Å². The maximum atomic E-state index is 6.22. The highest BCUT2D eigenvalue weighted by atomic mass is 35.5. The van der Waals surface area contributed by atoms with Crippen LogP contribution >= 0.6 is 34.8 Å². The van der Waals surface area contributed by atoms with E-state index < -0.39 is 6.04 Å². The lowest BCUT2D eigenvalue weighted by Gasteiger charge is -2.16. The molecule has 1 unspecified atom stereocenters. The van der Waals surface area contributed by atoms with Crippen LogP contribution in [0.15, 0.2) is 36.4 Å². The van der Waals surface area contributed by atoms with E-state index in [1.807, 2.05) is 6.07 Å². The SMILES string of the molecule is COc1cc(C(N)c2cc(Cl)ccc2Cl)ccc1Cl. The monoisotopic (exact) mass is 315 g/mol. The van der Waals surface area contributed by atoms with Gasteiger partial charge < -0.3 is 10.5 Å². The molecule has 0 aliphatic heterocycles. The number of nitrogens with two attached hydrogens (primary N) is 1. The summed E-state index contributed by atoms with van der Waals surface area (Å²) in [5.41, 5.74) is 7.83. The van der Waals surface area contributed by atoms with Gasteiger partial charge in [-0.05, 0) is 41.5 Å². The fourth-order valence-corrected chi connectivity index (χ4v) is 2.41. The molecule has 0 aliphatic carbocycles. The van der Waals surface area contributed by atoms with Gasteiger partial charge in [-0.1, -0.05) is 40.9 Å². The first-order chi connectivity index (χ1) is 9.02. The van der Waals surface area contributed by atoms with Gasteiger partial charge in [-0.25, -0.2) is 0 Å². The van der Waals surface area contributed by atoms with E-state index >= 15 is 0 Å². The molecule has 0 aromatic heterocycles. The minimum Gasteiger partial charge on any atom is -0.495 e. The molecule has 2 rings (SSSR count). The van der Waals surface area contributed by atoms with E-state index in [0.29, 0.717) is 20.8 Å². The number of benzene rings is 2. The fourth-order valence-electron chi connectivity index (χ4n) is 1.80. The Kier molecular flexibility index (Phi) is 4.58. The van der Waals surface area contributed by atoms with Crippen molar-refractivity contribution in [1.82, 2.24) is 0 Å². The minimum atomic E-state index is -0.391. The zero-order valence-electron chi connectivity index (χ0n) is 10.2. The van der Waals surface area contributed by atoms with Crippen molar-refractivity contribution in [3.8, 4) is 5.75 Å². The van der Waals surface area contributed by atoms with Crippen molar-refractivity contribution in [3.63, 3.8) is 0 Å². The van der Waals surface area contributed by atoms with Crippen LogP contribution in [-0.4, -0.2) is 7.11 Å². The smallest absolute Gasteiger partial charge is 0.137 e. The predicted octanol–water partition coefficient (Wildman–Crippen LogP) is 4.70. The highest BCUT2D eigenvalue weighted by Crippen LogP contribution is 2.33. The van der Waals surface area contributed by atoms with E-state index in [1.54, 1.807) is 37.4 Å². The Morgan fingerprint density at radius 3 is 2.37 bits per heavy atom. The van der Waals surface area contributed by atoms with Crippen LogP contribution in [0, 0.1) is 0 Å². The van der Waals surface area contributed by atoms with Gasteiger partial charge in [0.1, 0.15) is 5.75 Å². The Balaban J connectivity index is 2.43. The van der Waals surface area contributed by atoms with Gasteiger partial charge in [0.2, 0.25) is 0 Å². The van der Waals surface area contributed by atoms with Gasteiger partial charge in [0.05, 0.1) is 18.2 Å². The maximum absolute atomic E-state index is 6.22. The lowest BCUT2D eigenvalue weighted by Crippen LogP contribution is -2.12. The van der Waals surface area contributed by atoms with E-state index in [0.717, 1.165) is 11.1 Å². The predicted molar refractivity (Wildman–Crippen MR) is 80.5 cm³/mol. The first-order valence-electron chi connectivity index (χ1n) is 5.57. The molecule has 0 spiro atoms. The third-order valence-corrected chi connectivity index (χ3v) is 3.72. The molecule has 0 amide bonds. The van der Waals surface area contributed by atoms with E-state index in [9.17, 15) is 0 Å². The molecular weight excluding hydrogens is 305 g/mol. The number of ether oxygens (including phenoxy) is 1. The van der Waals surface area contributed by atoms with Crippen molar-refractivity contribution in [2.24, 2.45) is 5.73 Å². The molecule has 2 N–H and O–H groups in total. The minimum absolute atomic E-state index is 0.391. The van der Waals surface area contributed by atoms with Crippen molar-refractivity contribution in [3.05, 3.63) is 62.6 Å². The van der Waals surface area contributed by atoms with E-state index in [1.165, 1.54) is 0 Å². The second-order valence-electron chi connectivity index (χ2n) is 4.04. The number of halogens is 3. The van der Waals surface area contributed by atoms with Crippen molar-refractivity contribution in [2.45, 2.75) is 6.04 Å². The van der Waals surface area contributed by atoms with Gasteiger partial charge in [-0.2, -0.15) is 0 Å². The Morgan fingerprint density at radius 2 is 1.68 bits per heavy atom. The average molecular weight is 317 g/mol. The number of hydrogen-bond acceptors (Lipinski definition) is 2. The summed E-state index contributed by atoms with van der Waals surface area (Å²) in [7, 11) is 1.56. The van der Waals surface area contributed by atoms with Gasteiger partial charge in [0.25, 0.3) is 0 Å². The van der Waals surface area contributed by atoms with Crippen LogP contribution in [0.25, 0.3) is 0 Å². The Morgan fingerprint density at radius 1 is 1.00 bits per heavy atom. The molecule has 2 aromatic carbocycles. The molecule has 0 radical (unpaired) electrons. The molecule has 100 valence electrons. The Bertz CT molecular complexity index is 601. The largest absolute Gasteiger partial charge is 0.495 e. The lowest BCUT2D eigenvalue weighted by molar-refractivity contribution is 0.414. The molecule has 0 fully saturated rings. The summed E-state index contributed by atoms with van der Waals surface area (Å²) in [4.78, 5) is 0. The van der Waals surface area contributed by atoms with Crippen molar-refractivity contribution < 1.29 is 4.74 Å². The lowest BCUT2D eigenvalue weighted by atomic mass is 9.99. The molecular formula is C14H12Cl3NO. The summed E-state index contributed by atoms with van der Waals surface area (Å²) in [6.45, 7) is 0. The first-order valence-corrected chi connectivity index (χ1v) is 6.70. The zero-order chi connectivity index (χ0) is 14.0. The average Bonchev–Trinajstić information content (AvgIpc) is 2.41.